The van der Waals surface area contributed by atoms with E-state index in [0.29, 0.717) is 13.2 Å². The second kappa shape index (κ2) is 7.09. The topological polar surface area (TPSA) is 64.4 Å². The number of piperidine rings is 1. The van der Waals surface area contributed by atoms with Crippen LogP contribution in [0.2, 0.25) is 0 Å². The Balaban J connectivity index is 1.55. The average molecular weight is 359 g/mol. The summed E-state index contributed by atoms with van der Waals surface area (Å²) in [5.74, 6) is 0.0599. The maximum Gasteiger partial charge on any atom is 0.267 e. The van der Waals surface area contributed by atoms with Gasteiger partial charge in [0.25, 0.3) is 11.5 Å². The summed E-state index contributed by atoms with van der Waals surface area (Å²) < 4.78 is 7.09. The summed E-state index contributed by atoms with van der Waals surface area (Å²) in [5.41, 5.74) is 0.689. The Hall–Kier alpha value is -1.99. The summed E-state index contributed by atoms with van der Waals surface area (Å²) in [7, 11) is 0. The summed E-state index contributed by atoms with van der Waals surface area (Å²) >= 11 is 1.60. The monoisotopic (exact) mass is 359 g/mol. The van der Waals surface area contributed by atoms with Crippen LogP contribution < -0.4 is 5.56 Å². The molecule has 4 heterocycles. The minimum Gasteiger partial charge on any atom is -0.368 e. The number of carbonyl (C=O) groups is 1. The molecule has 0 bridgehead atoms. The van der Waals surface area contributed by atoms with Gasteiger partial charge in [0.15, 0.2) is 0 Å². The Morgan fingerprint density at radius 1 is 1.24 bits per heavy atom. The van der Waals surface area contributed by atoms with Crippen molar-refractivity contribution in [3.05, 3.63) is 40.0 Å². The van der Waals surface area contributed by atoms with E-state index >= 15 is 0 Å². The molecule has 2 saturated heterocycles. The Morgan fingerprint density at radius 2 is 2.16 bits per heavy atom. The number of thiophene rings is 1. The number of carbonyl (C=O) groups excluding carboxylic acids is 1. The lowest BCUT2D eigenvalue weighted by molar-refractivity contribution is -0.142. The first kappa shape index (κ1) is 16.5. The van der Waals surface area contributed by atoms with E-state index in [2.05, 4.69) is 5.10 Å². The van der Waals surface area contributed by atoms with Gasteiger partial charge in [-0.1, -0.05) is 6.07 Å². The molecule has 2 aliphatic rings. The molecule has 132 valence electrons. The quantitative estimate of drug-likeness (QED) is 0.844. The number of amides is 1. The molecule has 2 atom stereocenters. The largest absolute Gasteiger partial charge is 0.368 e. The lowest BCUT2D eigenvalue weighted by Crippen LogP contribution is -2.47. The van der Waals surface area contributed by atoms with E-state index in [-0.39, 0.29) is 23.6 Å². The van der Waals surface area contributed by atoms with Gasteiger partial charge in [0.05, 0.1) is 10.9 Å². The molecule has 0 aliphatic carbocycles. The molecule has 0 aromatic carbocycles. The fourth-order valence-electron chi connectivity index (χ4n) is 3.57. The van der Waals surface area contributed by atoms with E-state index in [1.165, 1.54) is 0 Å². The number of aromatic nitrogens is 2. The van der Waals surface area contributed by atoms with Crippen LogP contribution in [0.3, 0.4) is 0 Å². The van der Waals surface area contributed by atoms with Gasteiger partial charge < -0.3 is 9.64 Å². The van der Waals surface area contributed by atoms with E-state index in [1.807, 2.05) is 22.4 Å². The molecule has 25 heavy (non-hydrogen) atoms. The van der Waals surface area contributed by atoms with Crippen molar-refractivity contribution >= 4 is 17.2 Å². The van der Waals surface area contributed by atoms with Crippen LogP contribution in [-0.2, 0) is 9.53 Å². The molecule has 0 N–H and O–H groups in total. The molecule has 1 amide bonds. The van der Waals surface area contributed by atoms with Crippen molar-refractivity contribution in [2.24, 2.45) is 0 Å². The van der Waals surface area contributed by atoms with Crippen LogP contribution in [0.1, 0.15) is 31.7 Å². The van der Waals surface area contributed by atoms with Crippen LogP contribution in [0.15, 0.2) is 34.4 Å². The highest BCUT2D eigenvalue weighted by Crippen LogP contribution is 2.25. The van der Waals surface area contributed by atoms with Gasteiger partial charge in [-0.05, 0) is 43.2 Å². The van der Waals surface area contributed by atoms with Gasteiger partial charge in [0, 0.05) is 25.8 Å². The molecule has 2 unspecified atom stereocenters. The fourth-order valence-corrected chi connectivity index (χ4v) is 4.26. The van der Waals surface area contributed by atoms with Gasteiger partial charge in [-0.15, -0.1) is 11.3 Å². The lowest BCUT2D eigenvalue weighted by atomic mass is 10.0. The van der Waals surface area contributed by atoms with Gasteiger partial charge in [-0.25, -0.2) is 4.68 Å². The number of nitrogens with zero attached hydrogens (tertiary/aromatic N) is 3. The fraction of sp³-hybridized carbons (Fsp3) is 0.500. The third kappa shape index (κ3) is 3.39. The van der Waals surface area contributed by atoms with Crippen LogP contribution in [0.25, 0.3) is 10.6 Å². The first-order chi connectivity index (χ1) is 12.2. The molecule has 0 spiro atoms. The molecule has 2 aromatic rings. The maximum atomic E-state index is 12.6. The molecule has 2 aromatic heterocycles. The number of hydrogen-bond donors (Lipinski definition) is 0. The van der Waals surface area contributed by atoms with Crippen molar-refractivity contribution < 1.29 is 9.53 Å². The van der Waals surface area contributed by atoms with Crippen LogP contribution in [0.5, 0.6) is 0 Å². The van der Waals surface area contributed by atoms with Crippen molar-refractivity contribution in [1.29, 1.82) is 0 Å². The molecular weight excluding hydrogens is 338 g/mol. The molecular formula is C18H21N3O3S. The Morgan fingerprint density at radius 3 is 2.92 bits per heavy atom. The van der Waals surface area contributed by atoms with E-state index < -0.39 is 0 Å². The third-order valence-electron chi connectivity index (χ3n) is 4.86. The number of rotatable bonds is 3. The van der Waals surface area contributed by atoms with E-state index in [4.69, 9.17) is 4.74 Å². The van der Waals surface area contributed by atoms with Gasteiger partial charge in [0.1, 0.15) is 11.8 Å². The van der Waals surface area contributed by atoms with Crippen LogP contribution in [-0.4, -0.2) is 46.4 Å². The molecule has 0 saturated carbocycles. The zero-order valence-corrected chi connectivity index (χ0v) is 14.8. The highest BCUT2D eigenvalue weighted by molar-refractivity contribution is 7.13. The van der Waals surface area contributed by atoms with E-state index in [9.17, 15) is 9.59 Å². The Labute approximate surface area is 150 Å². The van der Waals surface area contributed by atoms with E-state index in [1.54, 1.807) is 28.2 Å². The molecule has 4 rings (SSSR count). The zero-order chi connectivity index (χ0) is 17.2. The predicted octanol–water partition coefficient (Wildman–Crippen LogP) is 2.31. The average Bonchev–Trinajstić information content (AvgIpc) is 3.35. The predicted molar refractivity (Wildman–Crippen MR) is 95.6 cm³/mol. The number of hydrogen-bond acceptors (Lipinski definition) is 5. The second-order valence-corrected chi connectivity index (χ2v) is 7.51. The summed E-state index contributed by atoms with van der Waals surface area (Å²) in [5, 5.41) is 6.57. The normalized spacial score (nSPS) is 23.8. The van der Waals surface area contributed by atoms with Gasteiger partial charge in [-0.3, -0.25) is 9.59 Å². The van der Waals surface area contributed by atoms with Crippen molar-refractivity contribution in [3.8, 4) is 10.6 Å². The summed E-state index contributed by atoms with van der Waals surface area (Å²) in [6.07, 6.45) is 3.17. The van der Waals surface area contributed by atoms with Gasteiger partial charge in [-0.2, -0.15) is 5.10 Å². The first-order valence-corrected chi connectivity index (χ1v) is 9.64. The van der Waals surface area contributed by atoms with E-state index in [0.717, 1.165) is 42.8 Å². The molecule has 7 heteroatoms. The van der Waals surface area contributed by atoms with Crippen molar-refractivity contribution in [3.63, 3.8) is 0 Å². The maximum absolute atomic E-state index is 12.6. The lowest BCUT2D eigenvalue weighted by Gasteiger charge is -2.34. The summed E-state index contributed by atoms with van der Waals surface area (Å²) in [6.45, 7) is 1.92. The molecule has 0 radical (unpaired) electrons. The van der Waals surface area contributed by atoms with Crippen molar-refractivity contribution in [2.45, 2.75) is 37.8 Å². The Kier molecular flexibility index (Phi) is 4.67. The zero-order valence-electron chi connectivity index (χ0n) is 14.0. The van der Waals surface area contributed by atoms with Crippen LogP contribution in [0.4, 0.5) is 0 Å². The smallest absolute Gasteiger partial charge is 0.267 e. The summed E-state index contributed by atoms with van der Waals surface area (Å²) in [6, 6.07) is 7.23. The van der Waals surface area contributed by atoms with Crippen LogP contribution >= 0.6 is 11.3 Å². The van der Waals surface area contributed by atoms with Crippen molar-refractivity contribution in [2.75, 3.05) is 19.7 Å². The van der Waals surface area contributed by atoms with Crippen molar-refractivity contribution in [1.82, 2.24) is 14.7 Å². The SMILES string of the molecule is O=C(C1CCCO1)N1CCCC(n2nc(-c3cccs3)ccc2=O)C1. The molecule has 6 nitrogen and oxygen atoms in total. The van der Waals surface area contributed by atoms with Crippen LogP contribution in [0, 0.1) is 0 Å². The third-order valence-corrected chi connectivity index (χ3v) is 5.75. The first-order valence-electron chi connectivity index (χ1n) is 8.76. The standard InChI is InChI=1S/C18H21N3O3S/c22-17-8-7-14(16-6-3-11-25-16)19-21(17)13-4-1-9-20(12-13)18(23)15-5-2-10-24-15/h3,6-8,11,13,15H,1-2,4-5,9-10,12H2. The molecule has 2 fully saturated rings. The second-order valence-electron chi connectivity index (χ2n) is 6.56. The highest BCUT2D eigenvalue weighted by atomic mass is 32.1. The van der Waals surface area contributed by atoms with Gasteiger partial charge in [0.2, 0.25) is 0 Å². The number of likely N-dealkylation sites (tertiary alicyclic amines) is 1. The minimum atomic E-state index is -0.305. The summed E-state index contributed by atoms with van der Waals surface area (Å²) in [4.78, 5) is 27.8. The minimum absolute atomic E-state index is 0.0599. The number of ether oxygens (including phenoxy) is 1. The highest BCUT2D eigenvalue weighted by Gasteiger charge is 2.32. The Bertz CT molecular complexity index is 796. The van der Waals surface area contributed by atoms with Gasteiger partial charge >= 0.3 is 0 Å². The molecule has 2 aliphatic heterocycles.